The van der Waals surface area contributed by atoms with E-state index in [4.69, 9.17) is 9.47 Å². The molecule has 0 saturated carbocycles. The van der Waals surface area contributed by atoms with Crippen LogP contribution in [0.25, 0.3) is 0 Å². The number of alkyl halides is 1. The first kappa shape index (κ1) is 10.9. The minimum absolute atomic E-state index is 0.411. The Kier molecular flexibility index (Phi) is 4.13. The number of rotatable bonds is 6. The van der Waals surface area contributed by atoms with Gasteiger partial charge in [-0.1, -0.05) is 13.3 Å². The van der Waals surface area contributed by atoms with Gasteiger partial charge in [0.25, 0.3) is 0 Å². The SMILES string of the molecule is CCCC(F)CCOC1(C)CCO1. The molecule has 1 rings (SSSR count). The van der Waals surface area contributed by atoms with Crippen LogP contribution in [0.5, 0.6) is 0 Å². The molecule has 0 radical (unpaired) electrons. The van der Waals surface area contributed by atoms with Crippen LogP contribution in [0.2, 0.25) is 0 Å². The lowest BCUT2D eigenvalue weighted by Gasteiger charge is -2.38. The highest BCUT2D eigenvalue weighted by atomic mass is 19.1. The summed E-state index contributed by atoms with van der Waals surface area (Å²) in [5.41, 5.74) is 0. The van der Waals surface area contributed by atoms with Gasteiger partial charge in [-0.25, -0.2) is 4.39 Å². The average molecular weight is 190 g/mol. The maximum atomic E-state index is 13.0. The fourth-order valence-electron chi connectivity index (χ4n) is 1.36. The Hall–Kier alpha value is -0.150. The summed E-state index contributed by atoms with van der Waals surface area (Å²) in [5, 5.41) is 0. The predicted molar refractivity (Wildman–Crippen MR) is 49.3 cm³/mol. The fourth-order valence-corrected chi connectivity index (χ4v) is 1.36. The van der Waals surface area contributed by atoms with Gasteiger partial charge in [-0.05, 0) is 13.3 Å². The lowest BCUT2D eigenvalue weighted by molar-refractivity contribution is -0.296. The molecule has 2 nitrogen and oxygen atoms in total. The molecule has 1 aliphatic rings. The van der Waals surface area contributed by atoms with Crippen molar-refractivity contribution in [3.63, 3.8) is 0 Å². The van der Waals surface area contributed by atoms with Crippen LogP contribution < -0.4 is 0 Å². The molecular weight excluding hydrogens is 171 g/mol. The van der Waals surface area contributed by atoms with Crippen molar-refractivity contribution < 1.29 is 13.9 Å². The molecule has 0 N–H and O–H groups in total. The molecular formula is C10H19FO2. The average Bonchev–Trinajstić information content (AvgIpc) is 2.02. The minimum atomic E-state index is -0.714. The van der Waals surface area contributed by atoms with Gasteiger partial charge in [0.15, 0.2) is 5.79 Å². The van der Waals surface area contributed by atoms with Gasteiger partial charge in [-0.2, -0.15) is 0 Å². The molecule has 0 aromatic rings. The van der Waals surface area contributed by atoms with Crippen molar-refractivity contribution in [3.05, 3.63) is 0 Å². The summed E-state index contributed by atoms with van der Waals surface area (Å²) in [6.45, 7) is 5.13. The Labute approximate surface area is 79.4 Å². The third kappa shape index (κ3) is 3.61. The smallest absolute Gasteiger partial charge is 0.167 e. The standard InChI is InChI=1S/C10H19FO2/c1-3-4-9(11)5-7-12-10(2)6-8-13-10/h9H,3-8H2,1-2H3. The summed E-state index contributed by atoms with van der Waals surface area (Å²) in [4.78, 5) is 0. The number of hydrogen-bond acceptors (Lipinski definition) is 2. The van der Waals surface area contributed by atoms with E-state index >= 15 is 0 Å². The van der Waals surface area contributed by atoms with Gasteiger partial charge in [0.2, 0.25) is 0 Å². The summed E-state index contributed by atoms with van der Waals surface area (Å²) in [6.07, 6.45) is 2.24. The molecule has 0 aromatic carbocycles. The van der Waals surface area contributed by atoms with Crippen molar-refractivity contribution in [1.29, 1.82) is 0 Å². The largest absolute Gasteiger partial charge is 0.350 e. The molecule has 0 aromatic heterocycles. The zero-order valence-electron chi connectivity index (χ0n) is 8.51. The summed E-state index contributed by atoms with van der Waals surface area (Å²) in [7, 11) is 0. The Bertz CT molecular complexity index is 146. The van der Waals surface area contributed by atoms with Gasteiger partial charge < -0.3 is 9.47 Å². The Balaban J connectivity index is 1.99. The normalized spacial score (nSPS) is 29.8. The van der Waals surface area contributed by atoms with E-state index in [0.29, 0.717) is 19.4 Å². The van der Waals surface area contributed by atoms with Gasteiger partial charge >= 0.3 is 0 Å². The molecule has 1 saturated heterocycles. The molecule has 2 unspecified atom stereocenters. The van der Waals surface area contributed by atoms with Crippen LogP contribution in [0.15, 0.2) is 0 Å². The van der Waals surface area contributed by atoms with Gasteiger partial charge in [0.05, 0.1) is 13.2 Å². The third-order valence-electron chi connectivity index (χ3n) is 2.40. The van der Waals surface area contributed by atoms with Crippen molar-refractivity contribution in [2.45, 2.75) is 51.5 Å². The topological polar surface area (TPSA) is 18.5 Å². The van der Waals surface area contributed by atoms with Gasteiger partial charge in [-0.3, -0.25) is 0 Å². The van der Waals surface area contributed by atoms with Crippen molar-refractivity contribution >= 4 is 0 Å². The molecule has 1 heterocycles. The van der Waals surface area contributed by atoms with E-state index in [1.807, 2.05) is 13.8 Å². The highest BCUT2D eigenvalue weighted by Crippen LogP contribution is 2.27. The Morgan fingerprint density at radius 3 is 2.69 bits per heavy atom. The van der Waals surface area contributed by atoms with E-state index in [9.17, 15) is 4.39 Å². The second kappa shape index (κ2) is 4.91. The molecule has 3 heteroatoms. The van der Waals surface area contributed by atoms with Crippen LogP contribution in [0, 0.1) is 0 Å². The molecule has 1 fully saturated rings. The van der Waals surface area contributed by atoms with Crippen molar-refractivity contribution in [3.8, 4) is 0 Å². The van der Waals surface area contributed by atoms with Crippen molar-refractivity contribution in [1.82, 2.24) is 0 Å². The van der Waals surface area contributed by atoms with Gasteiger partial charge in [0.1, 0.15) is 6.17 Å². The van der Waals surface area contributed by atoms with Crippen molar-refractivity contribution in [2.75, 3.05) is 13.2 Å². The lowest BCUT2D eigenvalue weighted by Crippen LogP contribution is -2.43. The first-order valence-electron chi connectivity index (χ1n) is 5.08. The van der Waals surface area contributed by atoms with E-state index in [1.165, 1.54) is 0 Å². The van der Waals surface area contributed by atoms with E-state index in [2.05, 4.69) is 0 Å². The van der Waals surface area contributed by atoms with Crippen LogP contribution in [0.4, 0.5) is 4.39 Å². The molecule has 0 aliphatic carbocycles. The summed E-state index contributed by atoms with van der Waals surface area (Å²) >= 11 is 0. The number of halogens is 1. The first-order chi connectivity index (χ1) is 6.16. The highest BCUT2D eigenvalue weighted by molar-refractivity contribution is 4.71. The zero-order chi connectivity index (χ0) is 9.73. The van der Waals surface area contributed by atoms with Crippen molar-refractivity contribution in [2.24, 2.45) is 0 Å². The molecule has 0 amide bonds. The maximum Gasteiger partial charge on any atom is 0.167 e. The fraction of sp³-hybridized carbons (Fsp3) is 1.00. The monoisotopic (exact) mass is 190 g/mol. The summed E-state index contributed by atoms with van der Waals surface area (Å²) in [5.74, 6) is -0.411. The molecule has 13 heavy (non-hydrogen) atoms. The predicted octanol–water partition coefficient (Wildman–Crippen LogP) is 2.67. The van der Waals surface area contributed by atoms with Crippen LogP contribution in [0.3, 0.4) is 0 Å². The van der Waals surface area contributed by atoms with Crippen LogP contribution >= 0.6 is 0 Å². The second-order valence-electron chi connectivity index (χ2n) is 3.76. The van der Waals surface area contributed by atoms with Crippen LogP contribution in [-0.2, 0) is 9.47 Å². The number of ether oxygens (including phenoxy) is 2. The third-order valence-corrected chi connectivity index (χ3v) is 2.40. The van der Waals surface area contributed by atoms with E-state index in [1.54, 1.807) is 0 Å². The quantitative estimate of drug-likeness (QED) is 0.641. The van der Waals surface area contributed by atoms with E-state index < -0.39 is 12.0 Å². The van der Waals surface area contributed by atoms with E-state index in [0.717, 1.165) is 19.4 Å². The Morgan fingerprint density at radius 2 is 2.23 bits per heavy atom. The van der Waals surface area contributed by atoms with Gasteiger partial charge in [-0.15, -0.1) is 0 Å². The molecule has 78 valence electrons. The minimum Gasteiger partial charge on any atom is -0.350 e. The molecule has 0 bridgehead atoms. The Morgan fingerprint density at radius 1 is 1.54 bits per heavy atom. The van der Waals surface area contributed by atoms with Crippen LogP contribution in [-0.4, -0.2) is 25.2 Å². The molecule has 0 spiro atoms. The summed E-state index contributed by atoms with van der Waals surface area (Å²) in [6, 6.07) is 0. The molecule has 1 aliphatic heterocycles. The first-order valence-corrected chi connectivity index (χ1v) is 5.08. The number of hydrogen-bond donors (Lipinski definition) is 0. The summed E-state index contributed by atoms with van der Waals surface area (Å²) < 4.78 is 23.6. The highest BCUT2D eigenvalue weighted by Gasteiger charge is 2.33. The second-order valence-corrected chi connectivity index (χ2v) is 3.76. The lowest BCUT2D eigenvalue weighted by atomic mass is 10.1. The van der Waals surface area contributed by atoms with Gasteiger partial charge in [0, 0.05) is 12.8 Å². The van der Waals surface area contributed by atoms with Crippen LogP contribution in [0.1, 0.15) is 39.5 Å². The maximum absolute atomic E-state index is 13.0. The van der Waals surface area contributed by atoms with E-state index in [-0.39, 0.29) is 0 Å². The molecule has 2 atom stereocenters. The zero-order valence-corrected chi connectivity index (χ0v) is 8.51.